The molecule has 0 aliphatic carbocycles. The smallest absolute Gasteiger partial charge is 0.410 e. The van der Waals surface area contributed by atoms with E-state index in [1.165, 1.54) is 0 Å². The number of carbonyl (C=O) groups excluding carboxylic acids is 1. The molecule has 0 radical (unpaired) electrons. The second-order valence-electron chi connectivity index (χ2n) is 6.97. The van der Waals surface area contributed by atoms with E-state index in [1.54, 1.807) is 15.8 Å². The molecule has 2 aromatic heterocycles. The van der Waals surface area contributed by atoms with Crippen LogP contribution in [0.5, 0.6) is 0 Å². The maximum absolute atomic E-state index is 12.1. The van der Waals surface area contributed by atoms with Gasteiger partial charge in [0.05, 0.1) is 18.1 Å². The molecular weight excluding hydrogens is 338 g/mol. The van der Waals surface area contributed by atoms with Gasteiger partial charge >= 0.3 is 6.09 Å². The lowest BCUT2D eigenvalue weighted by Crippen LogP contribution is -2.50. The van der Waals surface area contributed by atoms with Crippen molar-refractivity contribution in [1.82, 2.24) is 19.7 Å². The number of aromatic nitrogens is 3. The summed E-state index contributed by atoms with van der Waals surface area (Å²) in [5.74, 6) is 0.747. The van der Waals surface area contributed by atoms with Crippen LogP contribution in [0.2, 0.25) is 0 Å². The third-order valence-corrected chi connectivity index (χ3v) is 4.06. The standard InChI is InChI=1S/C17H23N5O2S/c1-17(2,3)24-16(23)21-8-6-20(7-9-21)13-4-5-15(18-10-13)22-12-14(25)11-19-22/h4-5,10-12,25H,6-9H2,1-3H3. The van der Waals surface area contributed by atoms with Crippen LogP contribution in [0.1, 0.15) is 20.8 Å². The van der Waals surface area contributed by atoms with Gasteiger partial charge in [0.25, 0.3) is 0 Å². The SMILES string of the molecule is CC(C)(C)OC(=O)N1CCN(c2ccc(-n3cc(S)cn3)nc2)CC1. The van der Waals surface area contributed by atoms with E-state index in [9.17, 15) is 4.79 Å². The molecule has 0 saturated carbocycles. The molecule has 0 N–H and O–H groups in total. The summed E-state index contributed by atoms with van der Waals surface area (Å²) in [6.07, 6.45) is 5.07. The first-order valence-corrected chi connectivity index (χ1v) is 8.69. The monoisotopic (exact) mass is 361 g/mol. The first-order chi connectivity index (χ1) is 11.8. The molecule has 134 valence electrons. The number of carbonyl (C=O) groups is 1. The number of nitrogens with zero attached hydrogens (tertiary/aromatic N) is 5. The summed E-state index contributed by atoms with van der Waals surface area (Å²) in [5, 5.41) is 4.19. The largest absolute Gasteiger partial charge is 0.444 e. The van der Waals surface area contributed by atoms with Crippen LogP contribution in [0.4, 0.5) is 10.5 Å². The summed E-state index contributed by atoms with van der Waals surface area (Å²) in [4.78, 5) is 21.3. The van der Waals surface area contributed by atoms with Gasteiger partial charge in [-0.3, -0.25) is 0 Å². The summed E-state index contributed by atoms with van der Waals surface area (Å²) >= 11 is 4.25. The molecule has 0 bridgehead atoms. The number of hydrogen-bond donors (Lipinski definition) is 1. The van der Waals surface area contributed by atoms with Crippen LogP contribution in [0, 0.1) is 0 Å². The van der Waals surface area contributed by atoms with Gasteiger partial charge in [-0.25, -0.2) is 14.5 Å². The van der Waals surface area contributed by atoms with Crippen molar-refractivity contribution in [3.8, 4) is 5.82 Å². The molecule has 0 spiro atoms. The highest BCUT2D eigenvalue weighted by Crippen LogP contribution is 2.18. The van der Waals surface area contributed by atoms with Crippen molar-refractivity contribution in [2.45, 2.75) is 31.3 Å². The van der Waals surface area contributed by atoms with Crippen molar-refractivity contribution in [1.29, 1.82) is 0 Å². The third-order valence-electron chi connectivity index (χ3n) is 3.83. The maximum atomic E-state index is 12.1. The molecule has 1 aliphatic heterocycles. The molecule has 0 atom stereocenters. The number of anilines is 1. The Kier molecular flexibility index (Phi) is 4.89. The number of rotatable bonds is 2. The van der Waals surface area contributed by atoms with E-state index < -0.39 is 5.60 Å². The van der Waals surface area contributed by atoms with Crippen molar-refractivity contribution in [2.75, 3.05) is 31.1 Å². The number of hydrogen-bond acceptors (Lipinski definition) is 6. The topological polar surface area (TPSA) is 63.5 Å². The Bertz CT molecular complexity index is 730. The van der Waals surface area contributed by atoms with Crippen LogP contribution in [0.3, 0.4) is 0 Å². The molecule has 0 aromatic carbocycles. The minimum Gasteiger partial charge on any atom is -0.444 e. The first kappa shape index (κ1) is 17.6. The van der Waals surface area contributed by atoms with Gasteiger partial charge in [0.2, 0.25) is 0 Å². The molecule has 1 fully saturated rings. The predicted octanol–water partition coefficient (Wildman–Crippen LogP) is 2.61. The average molecular weight is 361 g/mol. The summed E-state index contributed by atoms with van der Waals surface area (Å²) in [6, 6.07) is 3.95. The fraction of sp³-hybridized carbons (Fsp3) is 0.471. The summed E-state index contributed by atoms with van der Waals surface area (Å²) in [7, 11) is 0. The van der Waals surface area contributed by atoms with Crippen molar-refractivity contribution < 1.29 is 9.53 Å². The summed E-state index contributed by atoms with van der Waals surface area (Å²) in [6.45, 7) is 8.42. The van der Waals surface area contributed by atoms with E-state index in [0.29, 0.717) is 13.1 Å². The Hall–Kier alpha value is -2.22. The van der Waals surface area contributed by atoms with Crippen LogP contribution < -0.4 is 4.90 Å². The van der Waals surface area contributed by atoms with Gasteiger partial charge in [-0.2, -0.15) is 5.10 Å². The quantitative estimate of drug-likeness (QED) is 0.833. The first-order valence-electron chi connectivity index (χ1n) is 8.25. The number of piperazine rings is 1. The second-order valence-corrected chi connectivity index (χ2v) is 7.49. The molecule has 1 amide bonds. The van der Waals surface area contributed by atoms with Crippen LogP contribution in [0.15, 0.2) is 35.6 Å². The van der Waals surface area contributed by atoms with Gasteiger partial charge < -0.3 is 14.5 Å². The fourth-order valence-electron chi connectivity index (χ4n) is 2.61. The Morgan fingerprint density at radius 2 is 1.88 bits per heavy atom. The van der Waals surface area contributed by atoms with Gasteiger partial charge in [-0.15, -0.1) is 12.6 Å². The molecular formula is C17H23N5O2S. The minimum atomic E-state index is -0.465. The minimum absolute atomic E-state index is 0.248. The summed E-state index contributed by atoms with van der Waals surface area (Å²) < 4.78 is 7.11. The van der Waals surface area contributed by atoms with E-state index in [0.717, 1.165) is 29.5 Å². The zero-order valence-corrected chi connectivity index (χ0v) is 15.6. The molecule has 2 aromatic rings. The normalized spacial score (nSPS) is 15.4. The molecule has 25 heavy (non-hydrogen) atoms. The second kappa shape index (κ2) is 6.95. The van der Waals surface area contributed by atoms with Crippen LogP contribution in [0.25, 0.3) is 5.82 Å². The van der Waals surface area contributed by atoms with E-state index >= 15 is 0 Å². The highest BCUT2D eigenvalue weighted by atomic mass is 32.1. The molecule has 0 unspecified atom stereocenters. The van der Waals surface area contributed by atoms with Gasteiger partial charge in [0, 0.05) is 37.3 Å². The Balaban J connectivity index is 1.59. The molecule has 8 heteroatoms. The number of ether oxygens (including phenoxy) is 1. The van der Waals surface area contributed by atoms with E-state index in [4.69, 9.17) is 4.74 Å². The number of amides is 1. The summed E-state index contributed by atoms with van der Waals surface area (Å²) in [5.41, 5.74) is 0.568. The van der Waals surface area contributed by atoms with E-state index in [2.05, 4.69) is 27.6 Å². The van der Waals surface area contributed by atoms with Crippen LogP contribution in [-0.2, 0) is 4.74 Å². The van der Waals surface area contributed by atoms with Crippen molar-refractivity contribution in [2.24, 2.45) is 0 Å². The lowest BCUT2D eigenvalue weighted by molar-refractivity contribution is 0.0240. The van der Waals surface area contributed by atoms with Gasteiger partial charge in [-0.1, -0.05) is 0 Å². The molecule has 3 heterocycles. The van der Waals surface area contributed by atoms with Gasteiger partial charge in [0.1, 0.15) is 5.60 Å². The van der Waals surface area contributed by atoms with Crippen molar-refractivity contribution in [3.05, 3.63) is 30.7 Å². The van der Waals surface area contributed by atoms with Gasteiger partial charge in [-0.05, 0) is 32.9 Å². The van der Waals surface area contributed by atoms with Crippen LogP contribution >= 0.6 is 12.6 Å². The van der Waals surface area contributed by atoms with E-state index in [-0.39, 0.29) is 6.09 Å². The molecule has 1 aliphatic rings. The third kappa shape index (κ3) is 4.45. The molecule has 1 saturated heterocycles. The molecule has 7 nitrogen and oxygen atoms in total. The van der Waals surface area contributed by atoms with Crippen molar-refractivity contribution >= 4 is 24.4 Å². The lowest BCUT2D eigenvalue weighted by Gasteiger charge is -2.36. The highest BCUT2D eigenvalue weighted by Gasteiger charge is 2.26. The zero-order valence-electron chi connectivity index (χ0n) is 14.7. The number of thiol groups is 1. The molecule has 3 rings (SSSR count). The highest BCUT2D eigenvalue weighted by molar-refractivity contribution is 7.80. The van der Waals surface area contributed by atoms with Gasteiger partial charge in [0.15, 0.2) is 5.82 Å². The zero-order chi connectivity index (χ0) is 18.0. The fourth-order valence-corrected chi connectivity index (χ4v) is 2.77. The lowest BCUT2D eigenvalue weighted by atomic mass is 10.2. The Morgan fingerprint density at radius 1 is 1.16 bits per heavy atom. The van der Waals surface area contributed by atoms with Crippen molar-refractivity contribution in [3.63, 3.8) is 0 Å². The van der Waals surface area contributed by atoms with Crippen LogP contribution in [-0.4, -0.2) is 57.5 Å². The predicted molar refractivity (Wildman–Crippen MR) is 98.6 cm³/mol. The maximum Gasteiger partial charge on any atom is 0.410 e. The van der Waals surface area contributed by atoms with E-state index in [1.807, 2.05) is 45.3 Å². The Labute approximate surface area is 153 Å². The average Bonchev–Trinajstić information content (AvgIpc) is 3.00. The Morgan fingerprint density at radius 3 is 2.40 bits per heavy atom. The number of pyridine rings is 1.